The number of nitrogens with one attached hydrogen (secondary N) is 2. The molecule has 0 aromatic heterocycles. The SMILES string of the molecule is CCCCOCCCN/C=C(/C#N)C(=O)Nc1cccc(Cl)c1C. The van der Waals surface area contributed by atoms with Crippen molar-refractivity contribution < 1.29 is 9.53 Å². The molecule has 1 aromatic rings. The van der Waals surface area contributed by atoms with E-state index >= 15 is 0 Å². The van der Waals surface area contributed by atoms with Crippen LogP contribution in [0.15, 0.2) is 30.0 Å². The molecular formula is C18H24ClN3O2. The molecule has 0 aliphatic rings. The highest BCUT2D eigenvalue weighted by Crippen LogP contribution is 2.23. The Balaban J connectivity index is 2.43. The number of unbranched alkanes of at least 4 members (excludes halogenated alkanes) is 1. The van der Waals surface area contributed by atoms with E-state index in [-0.39, 0.29) is 5.57 Å². The highest BCUT2D eigenvalue weighted by atomic mass is 35.5. The molecule has 2 N–H and O–H groups in total. The van der Waals surface area contributed by atoms with Crippen LogP contribution in [-0.4, -0.2) is 25.7 Å². The lowest BCUT2D eigenvalue weighted by molar-refractivity contribution is -0.112. The topological polar surface area (TPSA) is 74.1 Å². The standard InChI is InChI=1S/C18H24ClN3O2/c1-3-4-10-24-11-6-9-21-13-15(12-20)18(23)22-17-8-5-7-16(19)14(17)2/h5,7-8,13,21H,3-4,6,9-11H2,1-2H3,(H,22,23)/b15-13-. The molecule has 130 valence electrons. The van der Waals surface area contributed by atoms with Crippen LogP contribution in [-0.2, 0) is 9.53 Å². The first-order valence-corrected chi connectivity index (χ1v) is 8.45. The molecule has 24 heavy (non-hydrogen) atoms. The first-order valence-electron chi connectivity index (χ1n) is 8.08. The maximum absolute atomic E-state index is 12.1. The molecule has 0 unspecified atom stereocenters. The van der Waals surface area contributed by atoms with E-state index in [0.29, 0.717) is 23.9 Å². The molecule has 6 heteroatoms. The zero-order valence-corrected chi connectivity index (χ0v) is 14.9. The van der Waals surface area contributed by atoms with Gasteiger partial charge in [-0.05, 0) is 37.5 Å². The van der Waals surface area contributed by atoms with Crippen LogP contribution < -0.4 is 10.6 Å². The molecule has 1 rings (SSSR count). The molecule has 1 amide bonds. The Labute approximate surface area is 148 Å². The van der Waals surface area contributed by atoms with Crippen molar-refractivity contribution in [2.45, 2.75) is 33.1 Å². The molecule has 0 atom stereocenters. The molecule has 0 heterocycles. The largest absolute Gasteiger partial charge is 0.390 e. The molecule has 1 aromatic carbocycles. The zero-order valence-electron chi connectivity index (χ0n) is 14.2. The van der Waals surface area contributed by atoms with E-state index in [1.165, 1.54) is 6.20 Å². The number of hydrogen-bond donors (Lipinski definition) is 2. The number of ether oxygens (including phenoxy) is 1. The van der Waals surface area contributed by atoms with Crippen molar-refractivity contribution in [2.75, 3.05) is 25.1 Å². The van der Waals surface area contributed by atoms with Gasteiger partial charge in [0.2, 0.25) is 0 Å². The zero-order chi connectivity index (χ0) is 17.8. The predicted molar refractivity (Wildman–Crippen MR) is 96.9 cm³/mol. The molecule has 0 fully saturated rings. The second-order valence-electron chi connectivity index (χ2n) is 5.31. The van der Waals surface area contributed by atoms with Crippen LogP contribution >= 0.6 is 11.6 Å². The average molecular weight is 350 g/mol. The second-order valence-corrected chi connectivity index (χ2v) is 5.72. The van der Waals surface area contributed by atoms with E-state index in [1.807, 2.05) is 13.0 Å². The summed E-state index contributed by atoms with van der Waals surface area (Å²) in [5.74, 6) is -0.463. The Morgan fingerprint density at radius 3 is 2.83 bits per heavy atom. The van der Waals surface area contributed by atoms with Gasteiger partial charge in [0.05, 0.1) is 0 Å². The van der Waals surface area contributed by atoms with Crippen LogP contribution in [0.25, 0.3) is 0 Å². The van der Waals surface area contributed by atoms with E-state index in [0.717, 1.165) is 31.4 Å². The van der Waals surface area contributed by atoms with Crippen molar-refractivity contribution in [3.05, 3.63) is 40.6 Å². The third-order valence-electron chi connectivity index (χ3n) is 3.38. The van der Waals surface area contributed by atoms with Crippen molar-refractivity contribution in [1.29, 1.82) is 5.26 Å². The van der Waals surface area contributed by atoms with Gasteiger partial charge in [-0.25, -0.2) is 0 Å². The van der Waals surface area contributed by atoms with E-state index in [2.05, 4.69) is 17.6 Å². The van der Waals surface area contributed by atoms with Gasteiger partial charge in [0.25, 0.3) is 5.91 Å². The highest BCUT2D eigenvalue weighted by molar-refractivity contribution is 6.31. The van der Waals surface area contributed by atoms with E-state index in [9.17, 15) is 4.79 Å². The molecule has 0 bridgehead atoms. The normalized spacial score (nSPS) is 11.0. The number of nitriles is 1. The third-order valence-corrected chi connectivity index (χ3v) is 3.79. The Hall–Kier alpha value is -2.03. The molecule has 0 saturated heterocycles. The summed E-state index contributed by atoms with van der Waals surface area (Å²) in [6, 6.07) is 7.14. The minimum atomic E-state index is -0.463. The highest BCUT2D eigenvalue weighted by Gasteiger charge is 2.11. The number of nitrogens with zero attached hydrogens (tertiary/aromatic N) is 1. The maximum atomic E-state index is 12.1. The van der Waals surface area contributed by atoms with Crippen LogP contribution in [0.3, 0.4) is 0 Å². The molecule has 5 nitrogen and oxygen atoms in total. The Morgan fingerprint density at radius 1 is 1.38 bits per heavy atom. The first kappa shape index (κ1) is 20.0. The van der Waals surface area contributed by atoms with Gasteiger partial charge in [-0.15, -0.1) is 0 Å². The van der Waals surface area contributed by atoms with Crippen molar-refractivity contribution in [3.63, 3.8) is 0 Å². The summed E-state index contributed by atoms with van der Waals surface area (Å²) < 4.78 is 5.44. The maximum Gasteiger partial charge on any atom is 0.267 e. The number of hydrogen-bond acceptors (Lipinski definition) is 4. The predicted octanol–water partition coefficient (Wildman–Crippen LogP) is 3.79. The van der Waals surface area contributed by atoms with Crippen molar-refractivity contribution in [3.8, 4) is 6.07 Å². The Morgan fingerprint density at radius 2 is 2.12 bits per heavy atom. The lowest BCUT2D eigenvalue weighted by Crippen LogP contribution is -2.18. The Bertz CT molecular complexity index is 609. The van der Waals surface area contributed by atoms with Gasteiger partial charge in [-0.2, -0.15) is 5.26 Å². The summed E-state index contributed by atoms with van der Waals surface area (Å²) in [4.78, 5) is 12.1. The van der Waals surface area contributed by atoms with Crippen LogP contribution in [0.1, 0.15) is 31.7 Å². The molecule has 0 radical (unpaired) electrons. The molecule has 0 aliphatic heterocycles. The molecular weight excluding hydrogens is 326 g/mol. The van der Waals surface area contributed by atoms with Crippen LogP contribution in [0.2, 0.25) is 5.02 Å². The fraction of sp³-hybridized carbons (Fsp3) is 0.444. The van der Waals surface area contributed by atoms with Gasteiger partial charge in [0.15, 0.2) is 0 Å². The van der Waals surface area contributed by atoms with E-state index < -0.39 is 5.91 Å². The number of halogens is 1. The van der Waals surface area contributed by atoms with Crippen LogP contribution in [0.4, 0.5) is 5.69 Å². The lowest BCUT2D eigenvalue weighted by Gasteiger charge is -2.09. The van der Waals surface area contributed by atoms with Gasteiger partial charge in [-0.3, -0.25) is 4.79 Å². The van der Waals surface area contributed by atoms with Crippen molar-refractivity contribution in [2.24, 2.45) is 0 Å². The van der Waals surface area contributed by atoms with Gasteiger partial charge in [0, 0.05) is 36.7 Å². The number of rotatable bonds is 10. The second kappa shape index (κ2) is 11.5. The fourth-order valence-electron chi connectivity index (χ4n) is 1.88. The first-order chi connectivity index (χ1) is 11.6. The summed E-state index contributed by atoms with van der Waals surface area (Å²) in [6.45, 7) is 6.01. The molecule has 0 spiro atoms. The average Bonchev–Trinajstić information content (AvgIpc) is 2.57. The summed E-state index contributed by atoms with van der Waals surface area (Å²) >= 11 is 6.02. The number of carbonyl (C=O) groups is 1. The van der Waals surface area contributed by atoms with Crippen molar-refractivity contribution in [1.82, 2.24) is 5.32 Å². The summed E-state index contributed by atoms with van der Waals surface area (Å²) in [5, 5.41) is 15.4. The van der Waals surface area contributed by atoms with Crippen LogP contribution in [0.5, 0.6) is 0 Å². The number of benzene rings is 1. The summed E-state index contributed by atoms with van der Waals surface area (Å²) in [5.41, 5.74) is 1.38. The van der Waals surface area contributed by atoms with E-state index in [1.54, 1.807) is 18.2 Å². The number of amides is 1. The van der Waals surface area contributed by atoms with Gasteiger partial charge in [-0.1, -0.05) is 31.0 Å². The fourth-order valence-corrected chi connectivity index (χ4v) is 2.05. The minimum Gasteiger partial charge on any atom is -0.390 e. The van der Waals surface area contributed by atoms with Gasteiger partial charge < -0.3 is 15.4 Å². The lowest BCUT2D eigenvalue weighted by atomic mass is 10.2. The smallest absolute Gasteiger partial charge is 0.267 e. The third kappa shape index (κ3) is 7.03. The quantitative estimate of drug-likeness (QED) is 0.383. The summed E-state index contributed by atoms with van der Waals surface area (Å²) in [6.07, 6.45) is 4.43. The minimum absolute atomic E-state index is 0.0151. The van der Waals surface area contributed by atoms with E-state index in [4.69, 9.17) is 21.6 Å². The van der Waals surface area contributed by atoms with Gasteiger partial charge >= 0.3 is 0 Å². The summed E-state index contributed by atoms with van der Waals surface area (Å²) in [7, 11) is 0. The molecule has 0 saturated carbocycles. The molecule has 0 aliphatic carbocycles. The van der Waals surface area contributed by atoms with Gasteiger partial charge in [0.1, 0.15) is 11.6 Å². The number of carbonyl (C=O) groups excluding carboxylic acids is 1. The monoisotopic (exact) mass is 349 g/mol. The van der Waals surface area contributed by atoms with Crippen LogP contribution in [0, 0.1) is 18.3 Å². The number of anilines is 1. The Kier molecular flexibility index (Phi) is 9.59. The van der Waals surface area contributed by atoms with Crippen molar-refractivity contribution >= 4 is 23.2 Å².